The second kappa shape index (κ2) is 8.30. The Morgan fingerprint density at radius 1 is 1.17 bits per heavy atom. The maximum Gasteiger partial charge on any atom is 0.409 e. The molecule has 1 fully saturated rings. The van der Waals surface area contributed by atoms with Crippen molar-refractivity contribution in [3.05, 3.63) is 59.9 Å². The van der Waals surface area contributed by atoms with Crippen molar-refractivity contribution in [3.63, 3.8) is 0 Å². The molecular weight excluding hydrogens is 370 g/mol. The van der Waals surface area contributed by atoms with E-state index in [1.54, 1.807) is 17.3 Å². The summed E-state index contributed by atoms with van der Waals surface area (Å²) in [6, 6.07) is 11.9. The van der Waals surface area contributed by atoms with E-state index in [4.69, 9.17) is 4.74 Å². The van der Waals surface area contributed by atoms with Crippen LogP contribution in [0.2, 0.25) is 0 Å². The van der Waals surface area contributed by atoms with Crippen LogP contribution in [0.1, 0.15) is 28.8 Å². The molecule has 3 heterocycles. The van der Waals surface area contributed by atoms with Crippen LogP contribution in [-0.4, -0.2) is 57.9 Å². The number of fused-ring (bicyclic) bond motifs is 1. The maximum atomic E-state index is 12.6. The lowest BCUT2D eigenvalue weighted by atomic mass is 10.0. The lowest BCUT2D eigenvalue weighted by Crippen LogP contribution is -2.46. The molecular formula is C21H23N5O3. The number of nitrogens with zero attached hydrogens (tertiary/aromatic N) is 4. The number of hydrogen-bond donors (Lipinski definition) is 1. The summed E-state index contributed by atoms with van der Waals surface area (Å²) >= 11 is 0. The van der Waals surface area contributed by atoms with Crippen molar-refractivity contribution in [3.8, 4) is 0 Å². The highest BCUT2D eigenvalue weighted by atomic mass is 16.5. The number of piperidine rings is 1. The number of ether oxygens (including phenoxy) is 1. The third kappa shape index (κ3) is 4.21. The molecule has 150 valence electrons. The minimum atomic E-state index is -0.322. The summed E-state index contributed by atoms with van der Waals surface area (Å²) in [4.78, 5) is 30.3. The van der Waals surface area contributed by atoms with Gasteiger partial charge in [0, 0.05) is 30.7 Å². The Morgan fingerprint density at radius 2 is 1.93 bits per heavy atom. The highest BCUT2D eigenvalue weighted by Crippen LogP contribution is 2.16. The molecule has 0 unspecified atom stereocenters. The normalized spacial score (nSPS) is 14.7. The maximum absolute atomic E-state index is 12.6. The molecule has 1 N–H and O–H groups in total. The predicted molar refractivity (Wildman–Crippen MR) is 108 cm³/mol. The third-order valence-corrected chi connectivity index (χ3v) is 5.18. The second-order valence-corrected chi connectivity index (χ2v) is 7.13. The van der Waals surface area contributed by atoms with E-state index in [1.807, 2.05) is 41.1 Å². The number of carbonyl (C=O) groups excluding carboxylic acids is 2. The van der Waals surface area contributed by atoms with Gasteiger partial charge >= 0.3 is 6.09 Å². The summed E-state index contributed by atoms with van der Waals surface area (Å²) in [5.74, 6) is -0.160. The summed E-state index contributed by atoms with van der Waals surface area (Å²) in [6.45, 7) is 1.77. The number of nitrogens with one attached hydrogen (secondary N) is 1. The van der Waals surface area contributed by atoms with Crippen LogP contribution in [-0.2, 0) is 11.3 Å². The first-order valence-corrected chi connectivity index (χ1v) is 9.63. The molecule has 4 rings (SSSR count). The lowest BCUT2D eigenvalue weighted by molar-refractivity contribution is 0.0892. The van der Waals surface area contributed by atoms with Gasteiger partial charge in [-0.1, -0.05) is 30.3 Å². The zero-order valence-corrected chi connectivity index (χ0v) is 16.2. The molecule has 0 saturated carbocycles. The van der Waals surface area contributed by atoms with Crippen LogP contribution in [0.3, 0.4) is 0 Å². The Bertz CT molecular complexity index is 1010. The molecule has 1 aromatic carbocycles. The number of carbonyl (C=O) groups is 2. The largest absolute Gasteiger partial charge is 0.453 e. The monoisotopic (exact) mass is 393 g/mol. The molecule has 2 aromatic heterocycles. The molecule has 29 heavy (non-hydrogen) atoms. The van der Waals surface area contributed by atoms with Crippen LogP contribution in [0, 0.1) is 0 Å². The SMILES string of the molecule is COC(=O)N1CCC(NC(=O)c2cnc3c(cnn3Cc3ccccc3)c2)CC1. The van der Waals surface area contributed by atoms with Gasteiger partial charge in [-0.15, -0.1) is 0 Å². The van der Waals surface area contributed by atoms with E-state index in [2.05, 4.69) is 15.4 Å². The Hall–Kier alpha value is -3.42. The van der Waals surface area contributed by atoms with Gasteiger partial charge in [0.25, 0.3) is 5.91 Å². The number of aromatic nitrogens is 3. The topological polar surface area (TPSA) is 89.3 Å². The van der Waals surface area contributed by atoms with E-state index in [1.165, 1.54) is 7.11 Å². The van der Waals surface area contributed by atoms with Crippen molar-refractivity contribution in [1.29, 1.82) is 0 Å². The summed E-state index contributed by atoms with van der Waals surface area (Å²) in [6.07, 6.45) is 4.40. The van der Waals surface area contributed by atoms with Gasteiger partial charge in [0.2, 0.25) is 0 Å². The zero-order valence-electron chi connectivity index (χ0n) is 16.2. The minimum Gasteiger partial charge on any atom is -0.453 e. The van der Waals surface area contributed by atoms with Gasteiger partial charge in [0.05, 0.1) is 25.4 Å². The molecule has 0 radical (unpaired) electrons. The summed E-state index contributed by atoms with van der Waals surface area (Å²) in [5, 5.41) is 8.28. The van der Waals surface area contributed by atoms with E-state index in [-0.39, 0.29) is 18.0 Å². The minimum absolute atomic E-state index is 0.0277. The fraction of sp³-hybridized carbons (Fsp3) is 0.333. The molecule has 0 atom stereocenters. The lowest BCUT2D eigenvalue weighted by Gasteiger charge is -2.31. The highest BCUT2D eigenvalue weighted by Gasteiger charge is 2.24. The van der Waals surface area contributed by atoms with Crippen molar-refractivity contribution in [2.24, 2.45) is 0 Å². The van der Waals surface area contributed by atoms with Gasteiger partial charge in [-0.25, -0.2) is 14.5 Å². The number of methoxy groups -OCH3 is 1. The molecule has 1 aliphatic rings. The molecule has 0 spiro atoms. The van der Waals surface area contributed by atoms with Gasteiger partial charge in [-0.2, -0.15) is 5.10 Å². The molecule has 0 bridgehead atoms. The molecule has 2 amide bonds. The van der Waals surface area contributed by atoms with Gasteiger partial charge in [-0.3, -0.25) is 4.79 Å². The molecule has 0 aliphatic carbocycles. The van der Waals surface area contributed by atoms with Crippen LogP contribution in [0.25, 0.3) is 11.0 Å². The van der Waals surface area contributed by atoms with Gasteiger partial charge in [0.15, 0.2) is 5.65 Å². The standard InChI is InChI=1S/C21H23N5O3/c1-29-21(28)25-9-7-18(8-10-25)24-20(27)17-11-16-13-23-26(19(16)22-12-17)14-15-5-3-2-4-6-15/h2-6,11-13,18H,7-10,14H2,1H3,(H,24,27). The van der Waals surface area contributed by atoms with Crippen LogP contribution in [0.15, 0.2) is 48.8 Å². The Labute approximate surface area is 168 Å². The first-order valence-electron chi connectivity index (χ1n) is 9.63. The molecule has 1 saturated heterocycles. The fourth-order valence-electron chi connectivity index (χ4n) is 3.57. The fourth-order valence-corrected chi connectivity index (χ4v) is 3.57. The van der Waals surface area contributed by atoms with Gasteiger partial charge in [0.1, 0.15) is 0 Å². The van der Waals surface area contributed by atoms with Crippen LogP contribution >= 0.6 is 0 Å². The van der Waals surface area contributed by atoms with E-state index in [0.29, 0.717) is 38.0 Å². The van der Waals surface area contributed by atoms with Crippen molar-refractivity contribution >= 4 is 23.0 Å². The highest BCUT2D eigenvalue weighted by molar-refractivity contribution is 5.97. The summed E-state index contributed by atoms with van der Waals surface area (Å²) < 4.78 is 6.57. The average molecular weight is 393 g/mol. The molecule has 8 nitrogen and oxygen atoms in total. The first kappa shape index (κ1) is 18.9. The summed E-state index contributed by atoms with van der Waals surface area (Å²) in [7, 11) is 1.38. The number of pyridine rings is 1. The Morgan fingerprint density at radius 3 is 2.66 bits per heavy atom. The molecule has 3 aromatic rings. The number of hydrogen-bond acceptors (Lipinski definition) is 5. The number of likely N-dealkylation sites (tertiary alicyclic amines) is 1. The van der Waals surface area contributed by atoms with Crippen LogP contribution < -0.4 is 5.32 Å². The van der Waals surface area contributed by atoms with E-state index in [9.17, 15) is 9.59 Å². The van der Waals surface area contributed by atoms with Crippen LogP contribution in [0.5, 0.6) is 0 Å². The Balaban J connectivity index is 1.41. The van der Waals surface area contributed by atoms with Crippen molar-refractivity contribution in [2.75, 3.05) is 20.2 Å². The van der Waals surface area contributed by atoms with E-state index in [0.717, 1.165) is 16.6 Å². The average Bonchev–Trinajstić information content (AvgIpc) is 3.16. The first-order chi connectivity index (χ1) is 14.1. The predicted octanol–water partition coefficient (Wildman–Crippen LogP) is 2.44. The zero-order chi connectivity index (χ0) is 20.2. The van der Waals surface area contributed by atoms with Crippen molar-refractivity contribution in [1.82, 2.24) is 25.0 Å². The van der Waals surface area contributed by atoms with Crippen molar-refractivity contribution < 1.29 is 14.3 Å². The van der Waals surface area contributed by atoms with E-state index >= 15 is 0 Å². The third-order valence-electron chi connectivity index (χ3n) is 5.18. The number of benzene rings is 1. The van der Waals surface area contributed by atoms with E-state index < -0.39 is 0 Å². The Kier molecular flexibility index (Phi) is 5.41. The van der Waals surface area contributed by atoms with Gasteiger partial charge in [-0.05, 0) is 24.5 Å². The van der Waals surface area contributed by atoms with Gasteiger partial charge < -0.3 is 15.0 Å². The van der Waals surface area contributed by atoms with Crippen molar-refractivity contribution in [2.45, 2.75) is 25.4 Å². The second-order valence-electron chi connectivity index (χ2n) is 7.13. The quantitative estimate of drug-likeness (QED) is 0.735. The van der Waals surface area contributed by atoms with Crippen LogP contribution in [0.4, 0.5) is 4.79 Å². The molecule has 1 aliphatic heterocycles. The molecule has 8 heteroatoms. The number of rotatable bonds is 4. The number of amides is 2. The summed E-state index contributed by atoms with van der Waals surface area (Å²) in [5.41, 5.74) is 2.39. The smallest absolute Gasteiger partial charge is 0.409 e.